The molecule has 6 nitrogen and oxygen atoms in total. The van der Waals surface area contributed by atoms with E-state index in [0.717, 1.165) is 17.7 Å². The minimum Gasteiger partial charge on any atom is -0.378 e. The Labute approximate surface area is 183 Å². The predicted molar refractivity (Wildman–Crippen MR) is 121 cm³/mol. The SMILES string of the molecule is CCNC(=NCc1cccc(Cl)c1)NCC(C(=O)N1CCOCC1)c1ccccc1. The molecule has 0 spiro atoms. The molecule has 1 saturated heterocycles. The fourth-order valence-electron chi connectivity index (χ4n) is 3.38. The van der Waals surface area contributed by atoms with Gasteiger partial charge in [-0.1, -0.05) is 54.1 Å². The molecule has 7 heteroatoms. The molecule has 0 bridgehead atoms. The van der Waals surface area contributed by atoms with Gasteiger partial charge in [-0.25, -0.2) is 4.99 Å². The summed E-state index contributed by atoms with van der Waals surface area (Å²) >= 11 is 6.07. The summed E-state index contributed by atoms with van der Waals surface area (Å²) in [5.74, 6) is 0.496. The summed E-state index contributed by atoms with van der Waals surface area (Å²) in [4.78, 5) is 19.8. The van der Waals surface area contributed by atoms with Crippen LogP contribution in [0.1, 0.15) is 24.0 Å². The summed E-state index contributed by atoms with van der Waals surface area (Å²) in [6.45, 7) is 6.15. The second-order valence-electron chi connectivity index (χ2n) is 7.11. The monoisotopic (exact) mass is 428 g/mol. The summed E-state index contributed by atoms with van der Waals surface area (Å²) in [7, 11) is 0. The Kier molecular flexibility index (Phi) is 8.53. The first-order chi connectivity index (χ1) is 14.7. The number of nitrogens with zero attached hydrogens (tertiary/aromatic N) is 2. The third kappa shape index (κ3) is 6.47. The van der Waals surface area contributed by atoms with E-state index in [4.69, 9.17) is 16.3 Å². The smallest absolute Gasteiger partial charge is 0.232 e. The van der Waals surface area contributed by atoms with E-state index in [0.29, 0.717) is 50.4 Å². The Balaban J connectivity index is 1.71. The molecule has 2 aromatic carbocycles. The van der Waals surface area contributed by atoms with Gasteiger partial charge in [-0.05, 0) is 30.2 Å². The number of benzene rings is 2. The van der Waals surface area contributed by atoms with Gasteiger partial charge in [0.2, 0.25) is 5.91 Å². The molecule has 160 valence electrons. The molecule has 1 unspecified atom stereocenters. The van der Waals surface area contributed by atoms with Crippen LogP contribution in [0.4, 0.5) is 0 Å². The van der Waals surface area contributed by atoms with Crippen LogP contribution in [0.25, 0.3) is 0 Å². The fraction of sp³-hybridized carbons (Fsp3) is 0.391. The second kappa shape index (κ2) is 11.6. The van der Waals surface area contributed by atoms with Crippen molar-refractivity contribution in [2.24, 2.45) is 4.99 Å². The normalized spacial score (nSPS) is 15.5. The van der Waals surface area contributed by atoms with Gasteiger partial charge in [0, 0.05) is 31.2 Å². The highest BCUT2D eigenvalue weighted by Gasteiger charge is 2.27. The van der Waals surface area contributed by atoms with Crippen molar-refractivity contribution in [3.63, 3.8) is 0 Å². The van der Waals surface area contributed by atoms with Crippen molar-refractivity contribution >= 4 is 23.5 Å². The number of hydrogen-bond donors (Lipinski definition) is 2. The van der Waals surface area contributed by atoms with E-state index in [-0.39, 0.29) is 11.8 Å². The molecule has 1 amide bonds. The van der Waals surface area contributed by atoms with Crippen molar-refractivity contribution in [3.8, 4) is 0 Å². The highest BCUT2D eigenvalue weighted by Crippen LogP contribution is 2.19. The van der Waals surface area contributed by atoms with Gasteiger partial charge in [0.15, 0.2) is 5.96 Å². The molecule has 1 aliphatic rings. The number of amides is 1. The van der Waals surface area contributed by atoms with Crippen LogP contribution in [-0.2, 0) is 16.1 Å². The summed E-state index contributed by atoms with van der Waals surface area (Å²) < 4.78 is 5.40. The van der Waals surface area contributed by atoms with Gasteiger partial charge >= 0.3 is 0 Å². The minimum atomic E-state index is -0.292. The molecule has 3 rings (SSSR count). The summed E-state index contributed by atoms with van der Waals surface area (Å²) in [6, 6.07) is 17.6. The lowest BCUT2D eigenvalue weighted by Gasteiger charge is -2.31. The van der Waals surface area contributed by atoms with E-state index >= 15 is 0 Å². The zero-order chi connectivity index (χ0) is 21.2. The van der Waals surface area contributed by atoms with Crippen molar-refractivity contribution in [3.05, 3.63) is 70.7 Å². The van der Waals surface area contributed by atoms with Crippen LogP contribution in [0.2, 0.25) is 5.02 Å². The van der Waals surface area contributed by atoms with Crippen LogP contribution < -0.4 is 10.6 Å². The van der Waals surface area contributed by atoms with E-state index in [1.165, 1.54) is 0 Å². The Morgan fingerprint density at radius 1 is 1.13 bits per heavy atom. The van der Waals surface area contributed by atoms with Crippen LogP contribution in [0, 0.1) is 0 Å². The zero-order valence-electron chi connectivity index (χ0n) is 17.3. The first kappa shape index (κ1) is 22.1. The summed E-state index contributed by atoms with van der Waals surface area (Å²) in [5.41, 5.74) is 2.02. The maximum Gasteiger partial charge on any atom is 0.232 e. The zero-order valence-corrected chi connectivity index (χ0v) is 18.1. The number of hydrogen-bond acceptors (Lipinski definition) is 3. The quantitative estimate of drug-likeness (QED) is 0.525. The lowest BCUT2D eigenvalue weighted by Crippen LogP contribution is -2.47. The van der Waals surface area contributed by atoms with Gasteiger partial charge in [0.05, 0.1) is 25.7 Å². The van der Waals surface area contributed by atoms with Gasteiger partial charge in [0.1, 0.15) is 0 Å². The second-order valence-corrected chi connectivity index (χ2v) is 7.54. The highest BCUT2D eigenvalue weighted by molar-refractivity contribution is 6.30. The molecule has 2 aromatic rings. The van der Waals surface area contributed by atoms with Gasteiger partial charge in [0.25, 0.3) is 0 Å². The molecular formula is C23H29ClN4O2. The van der Waals surface area contributed by atoms with E-state index < -0.39 is 0 Å². The van der Waals surface area contributed by atoms with Gasteiger partial charge in [-0.3, -0.25) is 4.79 Å². The Hall–Kier alpha value is -2.57. The third-order valence-electron chi connectivity index (χ3n) is 4.95. The van der Waals surface area contributed by atoms with Crippen LogP contribution in [-0.4, -0.2) is 56.2 Å². The summed E-state index contributed by atoms with van der Waals surface area (Å²) in [5, 5.41) is 7.30. The number of guanidine groups is 1. The number of aliphatic imine (C=N–C) groups is 1. The average molecular weight is 429 g/mol. The van der Waals surface area contributed by atoms with Crippen molar-refractivity contribution < 1.29 is 9.53 Å². The highest BCUT2D eigenvalue weighted by atomic mass is 35.5. The lowest BCUT2D eigenvalue weighted by atomic mass is 9.97. The first-order valence-corrected chi connectivity index (χ1v) is 10.7. The number of ether oxygens (including phenoxy) is 1. The van der Waals surface area contributed by atoms with Gasteiger partial charge in [-0.15, -0.1) is 0 Å². The van der Waals surface area contributed by atoms with Crippen LogP contribution in [0.3, 0.4) is 0 Å². The number of morpholine rings is 1. The largest absolute Gasteiger partial charge is 0.378 e. The van der Waals surface area contributed by atoms with Crippen LogP contribution in [0.15, 0.2) is 59.6 Å². The van der Waals surface area contributed by atoms with Crippen LogP contribution in [0.5, 0.6) is 0 Å². The minimum absolute atomic E-state index is 0.114. The van der Waals surface area contributed by atoms with Crippen molar-refractivity contribution in [1.29, 1.82) is 0 Å². The summed E-state index contributed by atoms with van der Waals surface area (Å²) in [6.07, 6.45) is 0. The molecule has 0 aliphatic carbocycles. The van der Waals surface area contributed by atoms with E-state index in [1.807, 2.05) is 66.4 Å². The average Bonchev–Trinajstić information content (AvgIpc) is 2.78. The lowest BCUT2D eigenvalue weighted by molar-refractivity contribution is -0.136. The van der Waals surface area contributed by atoms with Crippen molar-refractivity contribution in [2.75, 3.05) is 39.4 Å². The Bertz CT molecular complexity index is 838. The number of rotatable bonds is 7. The number of carbonyl (C=O) groups is 1. The molecule has 2 N–H and O–H groups in total. The fourth-order valence-corrected chi connectivity index (χ4v) is 3.60. The molecular weight excluding hydrogens is 400 g/mol. The van der Waals surface area contributed by atoms with E-state index in [2.05, 4.69) is 15.6 Å². The van der Waals surface area contributed by atoms with Crippen molar-refractivity contribution in [2.45, 2.75) is 19.4 Å². The molecule has 1 fully saturated rings. The molecule has 1 atom stereocenters. The number of carbonyl (C=O) groups excluding carboxylic acids is 1. The molecule has 1 heterocycles. The van der Waals surface area contributed by atoms with Gasteiger partial charge < -0.3 is 20.3 Å². The molecule has 0 radical (unpaired) electrons. The molecule has 30 heavy (non-hydrogen) atoms. The predicted octanol–water partition coefficient (Wildman–Crippen LogP) is 3.04. The van der Waals surface area contributed by atoms with E-state index in [1.54, 1.807) is 0 Å². The standard InChI is InChI=1S/C23H29ClN4O2/c1-2-25-23(26-16-18-7-6-10-20(24)15-18)27-17-21(19-8-4-3-5-9-19)22(29)28-11-13-30-14-12-28/h3-10,15,21H,2,11-14,16-17H2,1H3,(H2,25,26,27). The van der Waals surface area contributed by atoms with Crippen molar-refractivity contribution in [1.82, 2.24) is 15.5 Å². The Morgan fingerprint density at radius 2 is 1.90 bits per heavy atom. The van der Waals surface area contributed by atoms with Crippen LogP contribution >= 0.6 is 11.6 Å². The molecule has 1 aliphatic heterocycles. The first-order valence-electron chi connectivity index (χ1n) is 10.4. The molecule has 0 aromatic heterocycles. The number of nitrogens with one attached hydrogen (secondary N) is 2. The molecule has 0 saturated carbocycles. The van der Waals surface area contributed by atoms with E-state index in [9.17, 15) is 4.79 Å². The third-order valence-corrected chi connectivity index (χ3v) is 5.18. The maximum atomic E-state index is 13.2. The number of halogens is 1. The maximum absolute atomic E-state index is 13.2. The van der Waals surface area contributed by atoms with Gasteiger partial charge in [-0.2, -0.15) is 0 Å². The topological polar surface area (TPSA) is 66.0 Å². The Morgan fingerprint density at radius 3 is 2.60 bits per heavy atom.